The van der Waals surface area contributed by atoms with E-state index in [0.29, 0.717) is 6.29 Å². The highest BCUT2D eigenvalue weighted by molar-refractivity contribution is 9.10. The predicted molar refractivity (Wildman–Crippen MR) is 48.2 cm³/mol. The highest BCUT2D eigenvalue weighted by Crippen LogP contribution is 2.28. The first-order valence-electron chi connectivity index (χ1n) is 3.27. The van der Waals surface area contributed by atoms with Crippen LogP contribution in [0.2, 0.25) is 0 Å². The third kappa shape index (κ3) is 1.86. The predicted octanol–water partition coefficient (Wildman–Crippen LogP) is 1.67. The number of carbonyl (C=O) groups is 2. The summed E-state index contributed by atoms with van der Waals surface area (Å²) < 4.78 is 0.189. The van der Waals surface area contributed by atoms with Gasteiger partial charge in [-0.2, -0.15) is 0 Å². The molecule has 68 valence electrons. The molecule has 0 unspecified atom stereocenters. The lowest BCUT2D eigenvalue weighted by Gasteiger charge is -2.01. The summed E-state index contributed by atoms with van der Waals surface area (Å²) in [5, 5.41) is 17.8. The van der Waals surface area contributed by atoms with Crippen molar-refractivity contribution in [3.63, 3.8) is 0 Å². The molecule has 0 aliphatic heterocycles. The minimum atomic E-state index is -1.15. The molecule has 0 saturated heterocycles. The fraction of sp³-hybridized carbons (Fsp3) is 0. The third-order valence-electron chi connectivity index (χ3n) is 1.47. The van der Waals surface area contributed by atoms with Crippen molar-refractivity contribution in [2.24, 2.45) is 0 Å². The zero-order valence-electron chi connectivity index (χ0n) is 6.32. The van der Waals surface area contributed by atoms with E-state index in [2.05, 4.69) is 15.9 Å². The molecule has 0 saturated carbocycles. The summed E-state index contributed by atoms with van der Waals surface area (Å²) in [7, 11) is 0. The van der Waals surface area contributed by atoms with Gasteiger partial charge in [0, 0.05) is 0 Å². The number of hydrogen-bond donors (Lipinski definition) is 2. The quantitative estimate of drug-likeness (QED) is 0.777. The van der Waals surface area contributed by atoms with Crippen LogP contribution in [-0.4, -0.2) is 22.5 Å². The van der Waals surface area contributed by atoms with Gasteiger partial charge in [0.15, 0.2) is 6.29 Å². The van der Waals surface area contributed by atoms with E-state index in [0.717, 1.165) is 6.07 Å². The highest BCUT2D eigenvalue weighted by Gasteiger charge is 2.11. The van der Waals surface area contributed by atoms with Crippen molar-refractivity contribution < 1.29 is 19.8 Å². The van der Waals surface area contributed by atoms with Gasteiger partial charge in [-0.05, 0) is 28.1 Å². The first-order chi connectivity index (χ1) is 6.06. The van der Waals surface area contributed by atoms with Crippen molar-refractivity contribution in [1.29, 1.82) is 0 Å². The minimum absolute atomic E-state index is 0.0493. The molecule has 2 N–H and O–H groups in total. The molecule has 0 aliphatic rings. The minimum Gasteiger partial charge on any atom is -0.506 e. The molecule has 0 radical (unpaired) electrons. The number of aromatic hydroxyl groups is 1. The molecule has 0 atom stereocenters. The molecule has 0 bridgehead atoms. The van der Waals surface area contributed by atoms with Gasteiger partial charge in [0.25, 0.3) is 0 Å². The van der Waals surface area contributed by atoms with Crippen molar-refractivity contribution in [2.75, 3.05) is 0 Å². The maximum Gasteiger partial charge on any atom is 0.335 e. The number of aromatic carboxylic acids is 1. The number of phenolic OH excluding ortho intramolecular Hbond substituents is 1. The summed E-state index contributed by atoms with van der Waals surface area (Å²) in [5.41, 5.74) is -0.0986. The molecule has 0 aromatic heterocycles. The monoisotopic (exact) mass is 244 g/mol. The molecule has 1 rings (SSSR count). The van der Waals surface area contributed by atoms with Crippen LogP contribution in [0.4, 0.5) is 0 Å². The van der Waals surface area contributed by atoms with Crippen LogP contribution in [0.3, 0.4) is 0 Å². The lowest BCUT2D eigenvalue weighted by molar-refractivity contribution is 0.0697. The fourth-order valence-corrected chi connectivity index (χ4v) is 1.31. The van der Waals surface area contributed by atoms with Gasteiger partial charge >= 0.3 is 5.97 Å². The summed E-state index contributed by atoms with van der Waals surface area (Å²) in [4.78, 5) is 20.9. The van der Waals surface area contributed by atoms with Gasteiger partial charge in [0.2, 0.25) is 0 Å². The van der Waals surface area contributed by atoms with Gasteiger partial charge in [-0.25, -0.2) is 4.79 Å². The van der Waals surface area contributed by atoms with Gasteiger partial charge < -0.3 is 10.2 Å². The summed E-state index contributed by atoms with van der Waals surface area (Å²) in [6.07, 6.45) is 0.395. The molecule has 1 aromatic rings. The Balaban J connectivity index is 3.38. The van der Waals surface area contributed by atoms with Crippen LogP contribution in [-0.2, 0) is 0 Å². The lowest BCUT2D eigenvalue weighted by Crippen LogP contribution is -1.97. The zero-order chi connectivity index (χ0) is 10.0. The molecule has 0 fully saturated rings. The maximum absolute atomic E-state index is 10.5. The molecule has 0 spiro atoms. The van der Waals surface area contributed by atoms with Crippen molar-refractivity contribution in [3.8, 4) is 5.75 Å². The van der Waals surface area contributed by atoms with Crippen LogP contribution in [0.15, 0.2) is 16.6 Å². The van der Waals surface area contributed by atoms with E-state index in [-0.39, 0.29) is 21.3 Å². The number of carboxylic acid groups (broad SMARTS) is 1. The van der Waals surface area contributed by atoms with Gasteiger partial charge in [-0.1, -0.05) is 0 Å². The Hall–Kier alpha value is -1.36. The number of carboxylic acids is 1. The van der Waals surface area contributed by atoms with E-state index in [1.54, 1.807) is 0 Å². The maximum atomic E-state index is 10.5. The number of benzene rings is 1. The third-order valence-corrected chi connectivity index (χ3v) is 2.07. The van der Waals surface area contributed by atoms with Crippen LogP contribution in [0.1, 0.15) is 20.7 Å². The Labute approximate surface area is 81.9 Å². The van der Waals surface area contributed by atoms with Gasteiger partial charge in [-0.15, -0.1) is 0 Å². The van der Waals surface area contributed by atoms with E-state index < -0.39 is 5.97 Å². The average molecular weight is 245 g/mol. The standard InChI is InChI=1S/C8H5BrO4/c9-6-2-4(8(12)13)1-5(3-10)7(6)11/h1-3,11H,(H,12,13). The second-order valence-electron chi connectivity index (χ2n) is 2.32. The Kier molecular flexibility index (Phi) is 2.67. The number of phenols is 1. The highest BCUT2D eigenvalue weighted by atomic mass is 79.9. The van der Waals surface area contributed by atoms with E-state index >= 15 is 0 Å². The summed E-state index contributed by atoms with van der Waals surface area (Å²) in [5.74, 6) is -1.40. The summed E-state index contributed by atoms with van der Waals surface area (Å²) in [6, 6.07) is 2.33. The number of hydrogen-bond acceptors (Lipinski definition) is 3. The molecule has 0 aliphatic carbocycles. The van der Waals surface area contributed by atoms with Gasteiger partial charge in [0.05, 0.1) is 15.6 Å². The van der Waals surface area contributed by atoms with Crippen LogP contribution >= 0.6 is 15.9 Å². The SMILES string of the molecule is O=Cc1cc(C(=O)O)cc(Br)c1O. The van der Waals surface area contributed by atoms with E-state index in [9.17, 15) is 14.7 Å². The number of aldehydes is 1. The molecular weight excluding hydrogens is 240 g/mol. The number of halogens is 1. The van der Waals surface area contributed by atoms with E-state index in [4.69, 9.17) is 5.11 Å². The second kappa shape index (κ2) is 3.57. The fourth-order valence-electron chi connectivity index (χ4n) is 0.834. The molecule has 1 aromatic carbocycles. The Bertz CT molecular complexity index is 373. The van der Waals surface area contributed by atoms with E-state index in [1.165, 1.54) is 6.07 Å². The van der Waals surface area contributed by atoms with Gasteiger partial charge in [-0.3, -0.25) is 4.79 Å². The lowest BCUT2D eigenvalue weighted by atomic mass is 10.1. The summed E-state index contributed by atoms with van der Waals surface area (Å²) in [6.45, 7) is 0. The van der Waals surface area contributed by atoms with Crippen molar-refractivity contribution in [1.82, 2.24) is 0 Å². The molecule has 0 amide bonds. The topological polar surface area (TPSA) is 74.6 Å². The second-order valence-corrected chi connectivity index (χ2v) is 3.17. The molecule has 13 heavy (non-hydrogen) atoms. The molecular formula is C8H5BrO4. The molecule has 0 heterocycles. The first kappa shape index (κ1) is 9.73. The van der Waals surface area contributed by atoms with Crippen molar-refractivity contribution >= 4 is 28.2 Å². The van der Waals surface area contributed by atoms with Crippen LogP contribution < -0.4 is 0 Å². The first-order valence-corrected chi connectivity index (χ1v) is 4.06. The Morgan fingerprint density at radius 2 is 2.08 bits per heavy atom. The summed E-state index contributed by atoms with van der Waals surface area (Å²) >= 11 is 2.93. The van der Waals surface area contributed by atoms with Crippen LogP contribution in [0, 0.1) is 0 Å². The van der Waals surface area contributed by atoms with Crippen LogP contribution in [0.5, 0.6) is 5.75 Å². The average Bonchev–Trinajstić information content (AvgIpc) is 2.09. The van der Waals surface area contributed by atoms with Gasteiger partial charge in [0.1, 0.15) is 5.75 Å². The number of rotatable bonds is 2. The largest absolute Gasteiger partial charge is 0.506 e. The van der Waals surface area contributed by atoms with E-state index in [1.807, 2.05) is 0 Å². The molecule has 5 heteroatoms. The number of carbonyl (C=O) groups excluding carboxylic acids is 1. The van der Waals surface area contributed by atoms with Crippen molar-refractivity contribution in [2.45, 2.75) is 0 Å². The smallest absolute Gasteiger partial charge is 0.335 e. The Morgan fingerprint density at radius 1 is 1.46 bits per heavy atom. The molecule has 4 nitrogen and oxygen atoms in total. The van der Waals surface area contributed by atoms with Crippen LogP contribution in [0.25, 0.3) is 0 Å². The zero-order valence-corrected chi connectivity index (χ0v) is 7.91. The van der Waals surface area contributed by atoms with Crippen molar-refractivity contribution in [3.05, 3.63) is 27.7 Å². The Morgan fingerprint density at radius 3 is 2.54 bits per heavy atom. The normalized spacial score (nSPS) is 9.62.